The van der Waals surface area contributed by atoms with Gasteiger partial charge in [-0.25, -0.2) is 4.98 Å². The van der Waals surface area contributed by atoms with Crippen molar-refractivity contribution in [3.05, 3.63) is 24.4 Å². The molecule has 0 aliphatic carbocycles. The Balaban J connectivity index is 1.74. The van der Waals surface area contributed by atoms with E-state index in [1.54, 1.807) is 6.20 Å². The smallest absolute Gasteiger partial charge is 0.126 e. The minimum Gasteiger partial charge on any atom is -0.390 e. The highest BCUT2D eigenvalue weighted by atomic mass is 16.3. The van der Waals surface area contributed by atoms with Crippen LogP contribution in [0.4, 0.5) is 5.82 Å². The fraction of sp³-hybridized carbons (Fsp3) is 0.444. The number of hydrogen-bond donors (Lipinski definition) is 2. The van der Waals surface area contributed by atoms with Crippen molar-refractivity contribution in [1.82, 2.24) is 9.88 Å². The van der Waals surface area contributed by atoms with E-state index in [1.165, 1.54) is 0 Å². The molecule has 0 amide bonds. The topological polar surface area (TPSA) is 48.4 Å². The third kappa shape index (κ3) is 2.17. The Morgan fingerprint density at radius 2 is 2.38 bits per heavy atom. The molecule has 4 heteroatoms. The fourth-order valence-corrected chi connectivity index (χ4v) is 1.33. The largest absolute Gasteiger partial charge is 0.390 e. The number of nitrogens with zero attached hydrogens (tertiary/aromatic N) is 2. The number of rotatable bonds is 3. The van der Waals surface area contributed by atoms with Crippen LogP contribution in [0.25, 0.3) is 0 Å². The zero-order chi connectivity index (χ0) is 9.10. The maximum absolute atomic E-state index is 9.03. The fourth-order valence-electron chi connectivity index (χ4n) is 1.33. The van der Waals surface area contributed by atoms with Gasteiger partial charge in [0.2, 0.25) is 0 Å². The van der Waals surface area contributed by atoms with Gasteiger partial charge in [-0.2, -0.15) is 0 Å². The zero-order valence-electron chi connectivity index (χ0n) is 7.35. The van der Waals surface area contributed by atoms with Gasteiger partial charge in [-0.1, -0.05) is 6.07 Å². The standard InChI is InChI=1S/C9H13N3O/c13-8-5-12(6-8)7-11-9-3-1-2-4-10-9/h1-4,8,13H,5-7H2,(H,10,11). The molecule has 1 aliphatic heterocycles. The van der Waals surface area contributed by atoms with Crippen LogP contribution in [0, 0.1) is 0 Å². The summed E-state index contributed by atoms with van der Waals surface area (Å²) in [6.07, 6.45) is 1.62. The minimum atomic E-state index is -0.134. The van der Waals surface area contributed by atoms with E-state index >= 15 is 0 Å². The molecule has 1 aromatic rings. The highest BCUT2D eigenvalue weighted by molar-refractivity contribution is 5.32. The lowest BCUT2D eigenvalue weighted by Gasteiger charge is -2.35. The van der Waals surface area contributed by atoms with Crippen molar-refractivity contribution in [2.24, 2.45) is 0 Å². The second-order valence-corrected chi connectivity index (χ2v) is 3.24. The molecular formula is C9H13N3O. The molecule has 2 heterocycles. The highest BCUT2D eigenvalue weighted by Gasteiger charge is 2.23. The van der Waals surface area contributed by atoms with Crippen LogP contribution in [0.1, 0.15) is 0 Å². The first-order chi connectivity index (χ1) is 6.34. The second-order valence-electron chi connectivity index (χ2n) is 3.24. The lowest BCUT2D eigenvalue weighted by molar-refractivity contribution is 0.00707. The molecule has 13 heavy (non-hydrogen) atoms. The Morgan fingerprint density at radius 1 is 1.54 bits per heavy atom. The maximum Gasteiger partial charge on any atom is 0.126 e. The Hall–Kier alpha value is -1.13. The lowest BCUT2D eigenvalue weighted by atomic mass is 10.2. The number of aliphatic hydroxyl groups excluding tert-OH is 1. The van der Waals surface area contributed by atoms with Crippen LogP contribution in [0.15, 0.2) is 24.4 Å². The number of β-amino-alcohol motifs (C(OH)–C–C–N with tert-alkyl or cyclic N) is 1. The molecule has 0 bridgehead atoms. The molecule has 70 valence electrons. The van der Waals surface area contributed by atoms with Crippen LogP contribution in [0.3, 0.4) is 0 Å². The predicted octanol–water partition coefficient (Wildman–Crippen LogP) is 0.127. The molecule has 1 saturated heterocycles. The Bertz CT molecular complexity index is 259. The lowest BCUT2D eigenvalue weighted by Crippen LogP contribution is -2.52. The van der Waals surface area contributed by atoms with E-state index in [4.69, 9.17) is 5.11 Å². The van der Waals surface area contributed by atoms with Gasteiger partial charge in [0, 0.05) is 19.3 Å². The molecule has 1 aliphatic rings. The van der Waals surface area contributed by atoms with Crippen LogP contribution in [-0.2, 0) is 0 Å². The third-order valence-electron chi connectivity index (χ3n) is 2.09. The molecule has 0 unspecified atom stereocenters. The number of pyridine rings is 1. The summed E-state index contributed by atoms with van der Waals surface area (Å²) in [5.74, 6) is 0.879. The summed E-state index contributed by atoms with van der Waals surface area (Å²) in [4.78, 5) is 6.25. The monoisotopic (exact) mass is 179 g/mol. The summed E-state index contributed by atoms with van der Waals surface area (Å²) in [5.41, 5.74) is 0. The highest BCUT2D eigenvalue weighted by Crippen LogP contribution is 2.07. The summed E-state index contributed by atoms with van der Waals surface area (Å²) < 4.78 is 0. The summed E-state index contributed by atoms with van der Waals surface area (Å²) >= 11 is 0. The van der Waals surface area contributed by atoms with Crippen LogP contribution in [0.5, 0.6) is 0 Å². The average Bonchev–Trinajstić information content (AvgIpc) is 2.12. The van der Waals surface area contributed by atoms with Gasteiger partial charge in [0.25, 0.3) is 0 Å². The van der Waals surface area contributed by atoms with Crippen molar-refractivity contribution in [3.63, 3.8) is 0 Å². The van der Waals surface area contributed by atoms with Crippen molar-refractivity contribution in [3.8, 4) is 0 Å². The molecule has 0 spiro atoms. The first kappa shape index (κ1) is 8.47. The summed E-state index contributed by atoms with van der Waals surface area (Å²) in [6, 6.07) is 5.76. The van der Waals surface area contributed by atoms with E-state index in [-0.39, 0.29) is 6.10 Å². The Labute approximate surface area is 77.2 Å². The molecule has 0 atom stereocenters. The van der Waals surface area contributed by atoms with E-state index in [2.05, 4.69) is 15.2 Å². The summed E-state index contributed by atoms with van der Waals surface area (Å²) in [5, 5.41) is 12.2. The van der Waals surface area contributed by atoms with Gasteiger partial charge in [-0.05, 0) is 12.1 Å². The molecule has 1 aromatic heterocycles. The van der Waals surface area contributed by atoms with Crippen LogP contribution in [0.2, 0.25) is 0 Å². The Kier molecular flexibility index (Phi) is 2.42. The van der Waals surface area contributed by atoms with Gasteiger partial charge in [0.05, 0.1) is 12.8 Å². The minimum absolute atomic E-state index is 0.134. The first-order valence-corrected chi connectivity index (χ1v) is 4.40. The molecular weight excluding hydrogens is 166 g/mol. The maximum atomic E-state index is 9.03. The number of aromatic nitrogens is 1. The number of aliphatic hydroxyl groups is 1. The zero-order valence-corrected chi connectivity index (χ0v) is 7.35. The van der Waals surface area contributed by atoms with E-state index in [9.17, 15) is 0 Å². The third-order valence-corrected chi connectivity index (χ3v) is 2.09. The predicted molar refractivity (Wildman–Crippen MR) is 50.3 cm³/mol. The molecule has 0 saturated carbocycles. The van der Waals surface area contributed by atoms with Crippen LogP contribution >= 0.6 is 0 Å². The van der Waals surface area contributed by atoms with Crippen molar-refractivity contribution in [1.29, 1.82) is 0 Å². The van der Waals surface area contributed by atoms with Crippen molar-refractivity contribution in [2.45, 2.75) is 6.10 Å². The number of hydrogen-bond acceptors (Lipinski definition) is 4. The van der Waals surface area contributed by atoms with Crippen molar-refractivity contribution in [2.75, 3.05) is 25.1 Å². The SMILES string of the molecule is OC1CN(CNc2ccccn2)C1. The molecule has 2 rings (SSSR count). The summed E-state index contributed by atoms with van der Waals surface area (Å²) in [6.45, 7) is 2.29. The van der Waals surface area contributed by atoms with E-state index in [1.807, 2.05) is 18.2 Å². The van der Waals surface area contributed by atoms with Crippen LogP contribution in [-0.4, -0.2) is 40.9 Å². The van der Waals surface area contributed by atoms with Gasteiger partial charge in [-0.3, -0.25) is 4.90 Å². The van der Waals surface area contributed by atoms with E-state index in [0.717, 1.165) is 25.6 Å². The second kappa shape index (κ2) is 3.72. The van der Waals surface area contributed by atoms with Gasteiger partial charge in [0.1, 0.15) is 5.82 Å². The van der Waals surface area contributed by atoms with Gasteiger partial charge in [0.15, 0.2) is 0 Å². The van der Waals surface area contributed by atoms with E-state index in [0.29, 0.717) is 0 Å². The van der Waals surface area contributed by atoms with Crippen molar-refractivity contribution >= 4 is 5.82 Å². The first-order valence-electron chi connectivity index (χ1n) is 4.40. The molecule has 4 nitrogen and oxygen atoms in total. The molecule has 1 fully saturated rings. The van der Waals surface area contributed by atoms with Gasteiger partial charge >= 0.3 is 0 Å². The van der Waals surface area contributed by atoms with E-state index < -0.39 is 0 Å². The average molecular weight is 179 g/mol. The number of likely N-dealkylation sites (tertiary alicyclic amines) is 1. The van der Waals surface area contributed by atoms with Crippen LogP contribution < -0.4 is 5.32 Å². The van der Waals surface area contributed by atoms with Crippen molar-refractivity contribution < 1.29 is 5.11 Å². The molecule has 2 N–H and O–H groups in total. The van der Waals surface area contributed by atoms with Gasteiger partial charge < -0.3 is 10.4 Å². The van der Waals surface area contributed by atoms with Gasteiger partial charge in [-0.15, -0.1) is 0 Å². The quantitative estimate of drug-likeness (QED) is 0.692. The summed E-state index contributed by atoms with van der Waals surface area (Å²) in [7, 11) is 0. The number of nitrogens with one attached hydrogen (secondary N) is 1. The Morgan fingerprint density at radius 3 is 3.00 bits per heavy atom. The molecule has 0 radical (unpaired) electrons. The molecule has 0 aromatic carbocycles. The number of anilines is 1. The normalized spacial score (nSPS) is 18.2.